The van der Waals surface area contributed by atoms with E-state index in [0.717, 1.165) is 28.5 Å². The van der Waals surface area contributed by atoms with Gasteiger partial charge in [0.05, 0.1) is 0 Å². The maximum atomic E-state index is 6.30. The molecule has 1 heterocycles. The number of hydrogen-bond donors (Lipinski definition) is 1. The Bertz CT molecular complexity index is 417. The Morgan fingerprint density at radius 1 is 1.35 bits per heavy atom. The van der Waals surface area contributed by atoms with Gasteiger partial charge >= 0.3 is 0 Å². The van der Waals surface area contributed by atoms with E-state index in [4.69, 9.17) is 11.6 Å². The van der Waals surface area contributed by atoms with Crippen molar-refractivity contribution in [2.45, 2.75) is 32.7 Å². The van der Waals surface area contributed by atoms with Crippen LogP contribution < -0.4 is 5.32 Å². The first-order valence-electron chi connectivity index (χ1n) is 7.56. The summed E-state index contributed by atoms with van der Waals surface area (Å²) in [7, 11) is 0. The highest BCUT2D eigenvalue weighted by molar-refractivity contribution is 9.10. The van der Waals surface area contributed by atoms with Gasteiger partial charge in [-0.2, -0.15) is 0 Å². The summed E-state index contributed by atoms with van der Waals surface area (Å²) in [6.07, 6.45) is 3.82. The van der Waals surface area contributed by atoms with Gasteiger partial charge in [-0.25, -0.2) is 0 Å². The highest BCUT2D eigenvalue weighted by Gasteiger charge is 2.19. The van der Waals surface area contributed by atoms with Gasteiger partial charge in [0.15, 0.2) is 0 Å². The molecule has 0 unspecified atom stereocenters. The molecule has 0 aromatic heterocycles. The Kier molecular flexibility index (Phi) is 6.82. The zero-order valence-corrected chi connectivity index (χ0v) is 14.5. The molecule has 0 radical (unpaired) electrons. The summed E-state index contributed by atoms with van der Waals surface area (Å²) in [6.45, 7) is 7.89. The zero-order valence-electron chi connectivity index (χ0n) is 12.2. The van der Waals surface area contributed by atoms with Crippen molar-refractivity contribution in [1.82, 2.24) is 10.2 Å². The van der Waals surface area contributed by atoms with E-state index in [-0.39, 0.29) is 0 Å². The van der Waals surface area contributed by atoms with Crippen LogP contribution in [0.25, 0.3) is 0 Å². The van der Waals surface area contributed by atoms with E-state index in [1.165, 1.54) is 44.5 Å². The molecular weight excluding hydrogens is 336 g/mol. The summed E-state index contributed by atoms with van der Waals surface area (Å²) >= 11 is 9.75. The zero-order chi connectivity index (χ0) is 14.4. The summed E-state index contributed by atoms with van der Waals surface area (Å²) in [5, 5.41) is 4.41. The topological polar surface area (TPSA) is 15.3 Å². The fraction of sp³-hybridized carbons (Fsp3) is 0.625. The van der Waals surface area contributed by atoms with Gasteiger partial charge in [-0.15, -0.1) is 0 Å². The third-order valence-corrected chi connectivity index (χ3v) is 4.82. The minimum atomic E-state index is 0.846. The van der Waals surface area contributed by atoms with Gasteiger partial charge < -0.3 is 5.32 Å². The molecule has 0 bridgehead atoms. The van der Waals surface area contributed by atoms with Crippen LogP contribution in [-0.2, 0) is 6.54 Å². The minimum absolute atomic E-state index is 0.846. The number of piperidine rings is 1. The molecule has 1 aliphatic rings. The largest absolute Gasteiger partial charge is 0.316 e. The minimum Gasteiger partial charge on any atom is -0.316 e. The number of nitrogens with one attached hydrogen (secondary N) is 1. The molecule has 0 saturated carbocycles. The van der Waals surface area contributed by atoms with Crippen molar-refractivity contribution in [3.8, 4) is 0 Å². The van der Waals surface area contributed by atoms with Gasteiger partial charge in [0.1, 0.15) is 0 Å². The second-order valence-electron chi connectivity index (χ2n) is 5.66. The Hall–Kier alpha value is -0.0900. The molecule has 1 fully saturated rings. The van der Waals surface area contributed by atoms with Crippen molar-refractivity contribution in [3.63, 3.8) is 0 Å². The molecule has 0 atom stereocenters. The van der Waals surface area contributed by atoms with Gasteiger partial charge in [0.2, 0.25) is 0 Å². The predicted molar refractivity (Wildman–Crippen MR) is 90.3 cm³/mol. The van der Waals surface area contributed by atoms with E-state index in [1.54, 1.807) is 0 Å². The smallest absolute Gasteiger partial charge is 0.0462 e. The molecule has 1 aromatic carbocycles. The van der Waals surface area contributed by atoms with Gasteiger partial charge in [0, 0.05) is 16.0 Å². The Labute approximate surface area is 136 Å². The van der Waals surface area contributed by atoms with Crippen molar-refractivity contribution in [3.05, 3.63) is 33.3 Å². The van der Waals surface area contributed by atoms with Crippen molar-refractivity contribution in [1.29, 1.82) is 0 Å². The molecule has 0 amide bonds. The van der Waals surface area contributed by atoms with Gasteiger partial charge in [-0.3, -0.25) is 4.90 Å². The Morgan fingerprint density at radius 2 is 2.10 bits per heavy atom. The molecule has 1 saturated heterocycles. The quantitative estimate of drug-likeness (QED) is 0.761. The monoisotopic (exact) mass is 358 g/mol. The van der Waals surface area contributed by atoms with E-state index >= 15 is 0 Å². The van der Waals surface area contributed by atoms with Crippen LogP contribution in [0.2, 0.25) is 5.02 Å². The van der Waals surface area contributed by atoms with Crippen molar-refractivity contribution >= 4 is 27.5 Å². The van der Waals surface area contributed by atoms with Crippen molar-refractivity contribution in [2.24, 2.45) is 5.92 Å². The van der Waals surface area contributed by atoms with Crippen molar-refractivity contribution in [2.75, 3.05) is 26.2 Å². The van der Waals surface area contributed by atoms with Crippen LogP contribution in [0.4, 0.5) is 0 Å². The lowest BCUT2D eigenvalue weighted by Crippen LogP contribution is -2.37. The molecular formula is C16H24BrClN2. The highest BCUT2D eigenvalue weighted by Crippen LogP contribution is 2.24. The molecule has 112 valence electrons. The molecule has 1 aromatic rings. The maximum absolute atomic E-state index is 6.30. The average Bonchev–Trinajstić information content (AvgIpc) is 2.44. The van der Waals surface area contributed by atoms with Crippen LogP contribution in [0.15, 0.2) is 22.7 Å². The average molecular weight is 360 g/mol. The molecule has 0 spiro atoms. The third kappa shape index (κ3) is 5.03. The summed E-state index contributed by atoms with van der Waals surface area (Å²) in [5.74, 6) is 0.846. The SMILES string of the molecule is CCCNCC1CCN(Cc2ccc(Br)cc2Cl)CC1. The number of nitrogens with zero attached hydrogens (tertiary/aromatic N) is 1. The molecule has 2 rings (SSSR count). The summed E-state index contributed by atoms with van der Waals surface area (Å²) in [4.78, 5) is 2.52. The van der Waals surface area contributed by atoms with Crippen LogP contribution in [0.3, 0.4) is 0 Å². The van der Waals surface area contributed by atoms with E-state index < -0.39 is 0 Å². The van der Waals surface area contributed by atoms with Crippen LogP contribution in [-0.4, -0.2) is 31.1 Å². The van der Waals surface area contributed by atoms with E-state index in [9.17, 15) is 0 Å². The van der Waals surface area contributed by atoms with Gasteiger partial charge in [-0.05, 0) is 69.1 Å². The number of benzene rings is 1. The van der Waals surface area contributed by atoms with E-state index in [0.29, 0.717) is 0 Å². The van der Waals surface area contributed by atoms with Crippen LogP contribution in [0, 0.1) is 5.92 Å². The second kappa shape index (κ2) is 8.38. The fourth-order valence-electron chi connectivity index (χ4n) is 2.72. The van der Waals surface area contributed by atoms with E-state index in [2.05, 4.69) is 45.2 Å². The second-order valence-corrected chi connectivity index (χ2v) is 6.98. The molecule has 1 aliphatic heterocycles. The molecule has 4 heteroatoms. The number of rotatable bonds is 6. The standard InChI is InChI=1S/C16H24BrClN2/c1-2-7-19-11-13-5-8-20(9-6-13)12-14-3-4-15(17)10-16(14)18/h3-4,10,13,19H,2,5-9,11-12H2,1H3. The molecule has 20 heavy (non-hydrogen) atoms. The third-order valence-electron chi connectivity index (χ3n) is 3.98. The first kappa shape index (κ1) is 16.3. The normalized spacial score (nSPS) is 17.6. The Balaban J connectivity index is 1.76. The number of hydrogen-bond acceptors (Lipinski definition) is 2. The van der Waals surface area contributed by atoms with Gasteiger partial charge in [-0.1, -0.05) is 40.5 Å². The molecule has 1 N–H and O–H groups in total. The van der Waals surface area contributed by atoms with Crippen LogP contribution in [0.5, 0.6) is 0 Å². The van der Waals surface area contributed by atoms with E-state index in [1.807, 2.05) is 6.07 Å². The highest BCUT2D eigenvalue weighted by atomic mass is 79.9. The lowest BCUT2D eigenvalue weighted by molar-refractivity contribution is 0.175. The number of halogens is 2. The van der Waals surface area contributed by atoms with Gasteiger partial charge in [0.25, 0.3) is 0 Å². The summed E-state index contributed by atoms with van der Waals surface area (Å²) < 4.78 is 1.05. The summed E-state index contributed by atoms with van der Waals surface area (Å²) in [6, 6.07) is 6.18. The Morgan fingerprint density at radius 3 is 2.75 bits per heavy atom. The van der Waals surface area contributed by atoms with Crippen molar-refractivity contribution < 1.29 is 0 Å². The van der Waals surface area contributed by atoms with Crippen LogP contribution in [0.1, 0.15) is 31.7 Å². The fourth-order valence-corrected chi connectivity index (χ4v) is 3.46. The predicted octanol–water partition coefficient (Wildman–Crippen LogP) is 4.31. The molecule has 2 nitrogen and oxygen atoms in total. The first-order valence-corrected chi connectivity index (χ1v) is 8.73. The molecule has 0 aliphatic carbocycles. The lowest BCUT2D eigenvalue weighted by Gasteiger charge is -2.32. The lowest BCUT2D eigenvalue weighted by atomic mass is 9.96. The summed E-state index contributed by atoms with van der Waals surface area (Å²) in [5.41, 5.74) is 1.23. The first-order chi connectivity index (χ1) is 9.69. The van der Waals surface area contributed by atoms with Crippen LogP contribution >= 0.6 is 27.5 Å². The number of likely N-dealkylation sites (tertiary alicyclic amines) is 1. The maximum Gasteiger partial charge on any atom is 0.0462 e.